The van der Waals surface area contributed by atoms with Crippen molar-refractivity contribution in [3.8, 4) is 5.75 Å². The van der Waals surface area contributed by atoms with Gasteiger partial charge in [0.1, 0.15) is 5.75 Å². The number of sulfonamides is 1. The van der Waals surface area contributed by atoms with Crippen LogP contribution in [0.15, 0.2) is 29.2 Å². The van der Waals surface area contributed by atoms with E-state index in [4.69, 9.17) is 4.74 Å². The lowest BCUT2D eigenvalue weighted by molar-refractivity contribution is -0.153. The molecule has 0 aliphatic heterocycles. The van der Waals surface area contributed by atoms with Crippen molar-refractivity contribution in [1.29, 1.82) is 0 Å². The molecule has 1 aliphatic rings. The van der Waals surface area contributed by atoms with Crippen LogP contribution in [0, 0.1) is 5.41 Å². The van der Waals surface area contributed by atoms with Gasteiger partial charge in [0.05, 0.1) is 16.9 Å². The van der Waals surface area contributed by atoms with Crippen LogP contribution < -0.4 is 9.46 Å². The molecule has 0 amide bonds. The van der Waals surface area contributed by atoms with Gasteiger partial charge in [0.25, 0.3) is 0 Å². The number of aliphatic carboxylic acids is 1. The molecular formula is C14H19NO5S. The summed E-state index contributed by atoms with van der Waals surface area (Å²) in [6.45, 7) is 2.28. The minimum absolute atomic E-state index is 0.0715. The average molecular weight is 313 g/mol. The molecule has 0 heterocycles. The summed E-state index contributed by atoms with van der Waals surface area (Å²) in [5, 5.41) is 9.20. The fourth-order valence-electron chi connectivity index (χ4n) is 2.27. The van der Waals surface area contributed by atoms with Crippen molar-refractivity contribution in [3.05, 3.63) is 24.3 Å². The second-order valence-electron chi connectivity index (χ2n) is 5.17. The first-order valence-corrected chi connectivity index (χ1v) is 8.34. The number of nitrogens with one attached hydrogen (secondary N) is 1. The Bertz CT molecular complexity index is 605. The Kier molecular flexibility index (Phi) is 4.53. The smallest absolute Gasteiger partial charge is 0.310 e. The van der Waals surface area contributed by atoms with Crippen molar-refractivity contribution in [3.63, 3.8) is 0 Å². The molecule has 0 atom stereocenters. The molecule has 21 heavy (non-hydrogen) atoms. The van der Waals surface area contributed by atoms with E-state index in [-0.39, 0.29) is 11.4 Å². The number of hydrogen-bond donors (Lipinski definition) is 2. The van der Waals surface area contributed by atoms with Gasteiger partial charge in [-0.25, -0.2) is 13.1 Å². The van der Waals surface area contributed by atoms with Crippen molar-refractivity contribution in [2.45, 2.75) is 31.1 Å². The van der Waals surface area contributed by atoms with Crippen molar-refractivity contribution in [2.75, 3.05) is 13.2 Å². The topological polar surface area (TPSA) is 92.7 Å². The van der Waals surface area contributed by atoms with Crippen LogP contribution >= 0.6 is 0 Å². The highest BCUT2D eigenvalue weighted by molar-refractivity contribution is 7.89. The minimum atomic E-state index is -3.70. The lowest BCUT2D eigenvalue weighted by atomic mass is 9.69. The molecule has 0 spiro atoms. The van der Waals surface area contributed by atoms with Crippen LogP contribution in [0.4, 0.5) is 0 Å². The standard InChI is InChI=1S/C14H19NO5S/c1-2-20-11-4-6-12(7-5-11)21(18,19)15-10-14(13(16)17)8-3-9-14/h4-7,15H,2-3,8-10H2,1H3,(H,16,17). The molecule has 1 aliphatic carbocycles. The molecule has 1 saturated carbocycles. The van der Waals surface area contributed by atoms with Gasteiger partial charge in [0.2, 0.25) is 10.0 Å². The van der Waals surface area contributed by atoms with Crippen LogP contribution in [0.1, 0.15) is 26.2 Å². The predicted octanol–water partition coefficient (Wildman–Crippen LogP) is 1.62. The summed E-state index contributed by atoms with van der Waals surface area (Å²) in [6, 6.07) is 6.05. The van der Waals surface area contributed by atoms with E-state index in [9.17, 15) is 18.3 Å². The third-order valence-corrected chi connectivity index (χ3v) is 5.23. The van der Waals surface area contributed by atoms with Gasteiger partial charge >= 0.3 is 5.97 Å². The van der Waals surface area contributed by atoms with Gasteiger partial charge in [-0.15, -0.1) is 0 Å². The molecule has 2 rings (SSSR count). The Hall–Kier alpha value is -1.60. The maximum atomic E-state index is 12.2. The first-order chi connectivity index (χ1) is 9.89. The molecule has 0 radical (unpaired) electrons. The molecule has 7 heteroatoms. The molecule has 0 unspecified atom stereocenters. The number of hydrogen-bond acceptors (Lipinski definition) is 4. The fourth-order valence-corrected chi connectivity index (χ4v) is 3.40. The summed E-state index contributed by atoms with van der Waals surface area (Å²) >= 11 is 0. The number of carboxylic acids is 1. The third kappa shape index (κ3) is 3.36. The fraction of sp³-hybridized carbons (Fsp3) is 0.500. The Balaban J connectivity index is 2.06. The molecule has 0 bridgehead atoms. The first-order valence-electron chi connectivity index (χ1n) is 6.85. The molecule has 1 aromatic rings. The van der Waals surface area contributed by atoms with E-state index in [1.807, 2.05) is 6.92 Å². The number of ether oxygens (including phenoxy) is 1. The zero-order chi connectivity index (χ0) is 15.5. The van der Waals surface area contributed by atoms with Crippen molar-refractivity contribution in [1.82, 2.24) is 4.72 Å². The van der Waals surface area contributed by atoms with Gasteiger partial charge < -0.3 is 9.84 Å². The van der Waals surface area contributed by atoms with Crippen molar-refractivity contribution >= 4 is 16.0 Å². The van der Waals surface area contributed by atoms with Gasteiger partial charge in [0, 0.05) is 6.54 Å². The van der Waals surface area contributed by atoms with Crippen LogP contribution in [-0.2, 0) is 14.8 Å². The SMILES string of the molecule is CCOc1ccc(S(=O)(=O)NCC2(C(=O)O)CCC2)cc1. The van der Waals surface area contributed by atoms with E-state index in [0.717, 1.165) is 6.42 Å². The molecule has 116 valence electrons. The molecule has 1 aromatic carbocycles. The maximum absolute atomic E-state index is 12.2. The van der Waals surface area contributed by atoms with Crippen molar-refractivity contribution in [2.24, 2.45) is 5.41 Å². The second kappa shape index (κ2) is 6.03. The highest BCUT2D eigenvalue weighted by Gasteiger charge is 2.44. The quantitative estimate of drug-likeness (QED) is 0.798. The van der Waals surface area contributed by atoms with Crippen LogP contribution in [0.5, 0.6) is 5.75 Å². The summed E-state index contributed by atoms with van der Waals surface area (Å²) in [4.78, 5) is 11.3. The van der Waals surface area contributed by atoms with E-state index in [0.29, 0.717) is 25.2 Å². The Morgan fingerprint density at radius 1 is 1.33 bits per heavy atom. The van der Waals surface area contributed by atoms with Gasteiger partial charge in [-0.2, -0.15) is 0 Å². The second-order valence-corrected chi connectivity index (χ2v) is 6.93. The molecule has 0 saturated heterocycles. The average Bonchev–Trinajstić information content (AvgIpc) is 2.38. The highest BCUT2D eigenvalue weighted by Crippen LogP contribution is 2.40. The monoisotopic (exact) mass is 313 g/mol. The number of carboxylic acid groups (broad SMARTS) is 1. The zero-order valence-corrected chi connectivity index (χ0v) is 12.6. The summed E-state index contributed by atoms with van der Waals surface area (Å²) in [7, 11) is -3.70. The van der Waals surface area contributed by atoms with Gasteiger partial charge in [-0.3, -0.25) is 4.79 Å². The molecule has 2 N–H and O–H groups in total. The highest BCUT2D eigenvalue weighted by atomic mass is 32.2. The van der Waals surface area contributed by atoms with Gasteiger partial charge in [-0.1, -0.05) is 6.42 Å². The summed E-state index contributed by atoms with van der Waals surface area (Å²) in [5.74, 6) is -0.347. The van der Waals surface area contributed by atoms with Crippen molar-refractivity contribution < 1.29 is 23.1 Å². The summed E-state index contributed by atoms with van der Waals surface area (Å²) in [5.41, 5.74) is -0.946. The molecule has 6 nitrogen and oxygen atoms in total. The number of rotatable bonds is 7. The van der Waals surface area contributed by atoms with Gasteiger partial charge in [-0.05, 0) is 44.0 Å². The number of carbonyl (C=O) groups is 1. The molecule has 1 fully saturated rings. The van der Waals surface area contributed by atoms with E-state index in [1.54, 1.807) is 12.1 Å². The lowest BCUT2D eigenvalue weighted by Crippen LogP contribution is -2.47. The van der Waals surface area contributed by atoms with Crippen LogP contribution in [0.25, 0.3) is 0 Å². The minimum Gasteiger partial charge on any atom is -0.494 e. The van der Waals surface area contributed by atoms with E-state index in [2.05, 4.69) is 4.72 Å². The van der Waals surface area contributed by atoms with E-state index >= 15 is 0 Å². The maximum Gasteiger partial charge on any atom is 0.310 e. The Morgan fingerprint density at radius 2 is 1.95 bits per heavy atom. The summed E-state index contributed by atoms with van der Waals surface area (Å²) in [6.07, 6.45) is 1.83. The number of benzene rings is 1. The normalized spacial score (nSPS) is 17.0. The van der Waals surface area contributed by atoms with Crippen LogP contribution in [-0.4, -0.2) is 32.6 Å². The van der Waals surface area contributed by atoms with E-state index < -0.39 is 21.4 Å². The van der Waals surface area contributed by atoms with E-state index in [1.165, 1.54) is 12.1 Å². The Labute approximate surface area is 124 Å². The van der Waals surface area contributed by atoms with Crippen LogP contribution in [0.2, 0.25) is 0 Å². The Morgan fingerprint density at radius 3 is 2.38 bits per heavy atom. The largest absolute Gasteiger partial charge is 0.494 e. The third-order valence-electron chi connectivity index (χ3n) is 3.81. The van der Waals surface area contributed by atoms with Gasteiger partial charge in [0.15, 0.2) is 0 Å². The first kappa shape index (κ1) is 15.8. The lowest BCUT2D eigenvalue weighted by Gasteiger charge is -2.37. The molecular weight excluding hydrogens is 294 g/mol. The zero-order valence-electron chi connectivity index (χ0n) is 11.8. The van der Waals surface area contributed by atoms with Crippen LogP contribution in [0.3, 0.4) is 0 Å². The predicted molar refractivity (Wildman–Crippen MR) is 76.7 cm³/mol. The molecule has 0 aromatic heterocycles. The summed E-state index contributed by atoms with van der Waals surface area (Å²) < 4.78 is 32.0.